The van der Waals surface area contributed by atoms with Gasteiger partial charge in [0.15, 0.2) is 0 Å². The van der Waals surface area contributed by atoms with Crippen molar-refractivity contribution in [2.75, 3.05) is 12.4 Å². The molecule has 0 bridgehead atoms. The van der Waals surface area contributed by atoms with Gasteiger partial charge in [-0.2, -0.15) is 8.42 Å². The van der Waals surface area contributed by atoms with Crippen molar-refractivity contribution in [3.63, 3.8) is 0 Å². The summed E-state index contributed by atoms with van der Waals surface area (Å²) in [5.74, 6) is -0.973. The third-order valence-corrected chi connectivity index (χ3v) is 3.62. The van der Waals surface area contributed by atoms with Crippen LogP contribution >= 0.6 is 0 Å². The first-order valence-electron chi connectivity index (χ1n) is 5.71. The van der Waals surface area contributed by atoms with Gasteiger partial charge in [0.2, 0.25) is 0 Å². The average Bonchev–Trinajstić information content (AvgIpc) is 2.27. The molecule has 0 aliphatic heterocycles. The van der Waals surface area contributed by atoms with Crippen LogP contribution in [0.2, 0.25) is 0 Å². The maximum atomic E-state index is 11.5. The van der Waals surface area contributed by atoms with E-state index in [1.165, 1.54) is 6.42 Å². The molecule has 1 N–H and O–H groups in total. The molecule has 0 amide bonds. The summed E-state index contributed by atoms with van der Waals surface area (Å²) in [6, 6.07) is 0. The lowest BCUT2D eigenvalue weighted by Gasteiger charge is -2.22. The minimum atomic E-state index is -4.08. The van der Waals surface area contributed by atoms with Gasteiger partial charge >= 0.3 is 5.97 Å². The van der Waals surface area contributed by atoms with Crippen molar-refractivity contribution in [2.45, 2.75) is 32.1 Å². The van der Waals surface area contributed by atoms with Crippen molar-refractivity contribution in [3.8, 4) is 0 Å². The highest BCUT2D eigenvalue weighted by Crippen LogP contribution is 2.29. The number of hydrogen-bond acceptors (Lipinski definition) is 4. The van der Waals surface area contributed by atoms with E-state index >= 15 is 0 Å². The van der Waals surface area contributed by atoms with Crippen LogP contribution in [-0.4, -0.2) is 31.3 Å². The molecule has 1 aliphatic carbocycles. The summed E-state index contributed by atoms with van der Waals surface area (Å²) in [5.41, 5.74) is 0.417. The summed E-state index contributed by atoms with van der Waals surface area (Å²) in [5, 5.41) is 0. The number of carbonyl (C=O) groups excluding carboxylic acids is 1. The van der Waals surface area contributed by atoms with Gasteiger partial charge in [0.05, 0.1) is 0 Å². The summed E-state index contributed by atoms with van der Waals surface area (Å²) in [6.07, 6.45) is 5.23. The molecule has 1 aliphatic rings. The van der Waals surface area contributed by atoms with E-state index in [9.17, 15) is 13.2 Å². The first kappa shape index (κ1) is 14.2. The molecule has 0 aromatic rings. The van der Waals surface area contributed by atoms with E-state index in [1.807, 2.05) is 0 Å². The highest BCUT2D eigenvalue weighted by Gasteiger charge is 2.22. The molecule has 1 saturated carbocycles. The van der Waals surface area contributed by atoms with E-state index in [0.29, 0.717) is 5.57 Å². The van der Waals surface area contributed by atoms with Gasteiger partial charge < -0.3 is 4.74 Å². The Labute approximate surface area is 102 Å². The molecule has 0 heterocycles. The molecule has 5 nitrogen and oxygen atoms in total. The SMILES string of the molecule is C=C(C(=O)OCCS(=O)(=O)O)C1CCCCC1. The summed E-state index contributed by atoms with van der Waals surface area (Å²) in [4.78, 5) is 11.5. The van der Waals surface area contributed by atoms with Crippen LogP contribution in [0.1, 0.15) is 32.1 Å². The molecule has 98 valence electrons. The molecule has 1 fully saturated rings. The van der Waals surface area contributed by atoms with Crippen LogP contribution < -0.4 is 0 Å². The van der Waals surface area contributed by atoms with Gasteiger partial charge in [0, 0.05) is 5.57 Å². The maximum absolute atomic E-state index is 11.5. The van der Waals surface area contributed by atoms with Crippen LogP contribution in [-0.2, 0) is 19.6 Å². The lowest BCUT2D eigenvalue weighted by molar-refractivity contribution is -0.139. The molecule has 0 radical (unpaired) electrons. The zero-order valence-electron chi connectivity index (χ0n) is 9.72. The minimum Gasteiger partial charge on any atom is -0.461 e. The Hall–Kier alpha value is -0.880. The molecule has 17 heavy (non-hydrogen) atoms. The highest BCUT2D eigenvalue weighted by molar-refractivity contribution is 7.85. The van der Waals surface area contributed by atoms with E-state index in [-0.39, 0.29) is 12.5 Å². The molecule has 0 saturated heterocycles. The van der Waals surface area contributed by atoms with E-state index in [4.69, 9.17) is 9.29 Å². The monoisotopic (exact) mass is 262 g/mol. The first-order chi connectivity index (χ1) is 7.90. The molecule has 0 atom stereocenters. The topological polar surface area (TPSA) is 80.7 Å². The van der Waals surface area contributed by atoms with Gasteiger partial charge in [-0.15, -0.1) is 0 Å². The summed E-state index contributed by atoms with van der Waals surface area (Å²) < 4.78 is 34.1. The molecule has 0 aromatic heterocycles. The van der Waals surface area contributed by atoms with Crippen LogP contribution in [0.3, 0.4) is 0 Å². The zero-order chi connectivity index (χ0) is 12.9. The smallest absolute Gasteiger partial charge is 0.333 e. The molecule has 0 unspecified atom stereocenters. The molecule has 0 aromatic carbocycles. The van der Waals surface area contributed by atoms with Crippen LogP contribution in [0, 0.1) is 5.92 Å². The Morgan fingerprint density at radius 2 is 1.88 bits per heavy atom. The van der Waals surface area contributed by atoms with Crippen molar-refractivity contribution in [1.82, 2.24) is 0 Å². The standard InChI is InChI=1S/C11H18O5S/c1-9(10-5-3-2-4-6-10)11(12)16-7-8-17(13,14)15/h10H,1-8H2,(H,13,14,15). The number of hydrogen-bond donors (Lipinski definition) is 1. The van der Waals surface area contributed by atoms with Gasteiger partial charge in [-0.25, -0.2) is 4.79 Å². The lowest BCUT2D eigenvalue weighted by atomic mass is 9.84. The second-order valence-electron chi connectivity index (χ2n) is 4.28. The van der Waals surface area contributed by atoms with Crippen molar-refractivity contribution in [1.29, 1.82) is 0 Å². The number of rotatable bonds is 5. The summed E-state index contributed by atoms with van der Waals surface area (Å²) in [7, 11) is -4.08. The molecule has 0 spiro atoms. The third-order valence-electron chi connectivity index (χ3n) is 2.93. The van der Waals surface area contributed by atoms with Crippen molar-refractivity contribution in [2.24, 2.45) is 5.92 Å². The Balaban J connectivity index is 2.34. The lowest BCUT2D eigenvalue weighted by Crippen LogP contribution is -2.20. The Morgan fingerprint density at radius 3 is 2.41 bits per heavy atom. The van der Waals surface area contributed by atoms with Gasteiger partial charge in [-0.1, -0.05) is 25.8 Å². The number of ether oxygens (including phenoxy) is 1. The van der Waals surface area contributed by atoms with Crippen LogP contribution in [0.4, 0.5) is 0 Å². The van der Waals surface area contributed by atoms with Crippen molar-refractivity contribution >= 4 is 16.1 Å². The second-order valence-corrected chi connectivity index (χ2v) is 5.85. The minimum absolute atomic E-state index is 0.155. The Morgan fingerprint density at radius 1 is 1.29 bits per heavy atom. The second kappa shape index (κ2) is 6.16. The van der Waals surface area contributed by atoms with Gasteiger partial charge in [0.1, 0.15) is 12.4 Å². The first-order valence-corrected chi connectivity index (χ1v) is 7.32. The normalized spacial score (nSPS) is 17.7. The van der Waals surface area contributed by atoms with Gasteiger partial charge in [0.25, 0.3) is 10.1 Å². The zero-order valence-corrected chi connectivity index (χ0v) is 10.5. The van der Waals surface area contributed by atoms with E-state index < -0.39 is 21.8 Å². The van der Waals surface area contributed by atoms with E-state index in [2.05, 4.69) is 6.58 Å². The number of carbonyl (C=O) groups is 1. The van der Waals surface area contributed by atoms with Crippen LogP contribution in [0.15, 0.2) is 12.2 Å². The molecular weight excluding hydrogens is 244 g/mol. The molecule has 1 rings (SSSR count). The summed E-state index contributed by atoms with van der Waals surface area (Å²) in [6.45, 7) is 3.38. The largest absolute Gasteiger partial charge is 0.461 e. The van der Waals surface area contributed by atoms with Gasteiger partial charge in [-0.05, 0) is 18.8 Å². The maximum Gasteiger partial charge on any atom is 0.333 e. The fourth-order valence-electron chi connectivity index (χ4n) is 1.95. The Bertz CT molecular complexity index is 379. The van der Waals surface area contributed by atoms with E-state index in [1.54, 1.807) is 0 Å². The van der Waals surface area contributed by atoms with Gasteiger partial charge in [-0.3, -0.25) is 4.55 Å². The predicted octanol–water partition coefficient (Wildman–Crippen LogP) is 1.55. The third kappa shape index (κ3) is 5.32. The fraction of sp³-hybridized carbons (Fsp3) is 0.727. The highest BCUT2D eigenvalue weighted by atomic mass is 32.2. The average molecular weight is 262 g/mol. The van der Waals surface area contributed by atoms with Crippen LogP contribution in [0.5, 0.6) is 0 Å². The Kier molecular flexibility index (Phi) is 5.14. The van der Waals surface area contributed by atoms with Crippen molar-refractivity contribution < 1.29 is 22.5 Å². The van der Waals surface area contributed by atoms with Crippen LogP contribution in [0.25, 0.3) is 0 Å². The summed E-state index contributed by atoms with van der Waals surface area (Å²) >= 11 is 0. The quantitative estimate of drug-likeness (QED) is 0.462. The number of esters is 1. The van der Waals surface area contributed by atoms with Crippen molar-refractivity contribution in [3.05, 3.63) is 12.2 Å². The molecule has 6 heteroatoms. The predicted molar refractivity (Wildman–Crippen MR) is 63.1 cm³/mol. The fourth-order valence-corrected chi connectivity index (χ4v) is 2.24. The molecular formula is C11H18O5S. The van der Waals surface area contributed by atoms with E-state index in [0.717, 1.165) is 25.7 Å².